The Bertz CT molecular complexity index is 790. The fourth-order valence-electron chi connectivity index (χ4n) is 2.01. The van der Waals surface area contributed by atoms with Crippen LogP contribution in [0.5, 0.6) is 0 Å². The molecule has 0 bridgehead atoms. The Morgan fingerprint density at radius 2 is 1.72 bits per heavy atom. The number of nitrogens with zero attached hydrogens (tertiary/aromatic N) is 1. The lowest BCUT2D eigenvalue weighted by atomic mass is 10.1. The van der Waals surface area contributed by atoms with Gasteiger partial charge >= 0.3 is 18.0 Å². The summed E-state index contributed by atoms with van der Waals surface area (Å²) in [7, 11) is 2.40. The van der Waals surface area contributed by atoms with E-state index in [1.165, 1.54) is 38.3 Å². The zero-order valence-corrected chi connectivity index (χ0v) is 13.8. The zero-order chi connectivity index (χ0) is 18.6. The Balaban J connectivity index is 2.44. The van der Waals surface area contributed by atoms with E-state index < -0.39 is 23.8 Å². The van der Waals surface area contributed by atoms with Crippen molar-refractivity contribution in [3.63, 3.8) is 0 Å². The summed E-state index contributed by atoms with van der Waals surface area (Å²) in [5.41, 5.74) is 0.453. The molecule has 0 fully saturated rings. The van der Waals surface area contributed by atoms with Gasteiger partial charge in [-0.05, 0) is 31.2 Å². The number of rotatable bonds is 3. The molecule has 1 aromatic rings. The average molecular weight is 345 g/mol. The molecule has 0 unspecified atom stereocenters. The number of ether oxygens (including phenoxy) is 3. The lowest BCUT2D eigenvalue weighted by Crippen LogP contribution is -2.29. The van der Waals surface area contributed by atoms with E-state index in [-0.39, 0.29) is 22.4 Å². The number of benzene rings is 1. The normalized spacial score (nSPS) is 15.3. The molecule has 1 amide bonds. The summed E-state index contributed by atoms with van der Waals surface area (Å²) in [5.74, 6) is -1.98. The van der Waals surface area contributed by atoms with Gasteiger partial charge in [0.25, 0.3) is 0 Å². The highest BCUT2D eigenvalue weighted by molar-refractivity contribution is 6.25. The second kappa shape index (κ2) is 7.43. The van der Waals surface area contributed by atoms with Crippen LogP contribution in [0.4, 0.5) is 10.5 Å². The number of anilines is 1. The molecule has 1 heterocycles. The number of allylic oxidation sites excluding steroid dienone is 1. The minimum Gasteiger partial charge on any atom is -0.465 e. The highest BCUT2D eigenvalue weighted by atomic mass is 16.5. The molecule has 1 aromatic carbocycles. The Labute approximate surface area is 143 Å². The number of methoxy groups -OCH3 is 2. The van der Waals surface area contributed by atoms with Crippen LogP contribution < -0.4 is 4.90 Å². The highest BCUT2D eigenvalue weighted by Gasteiger charge is 2.28. The van der Waals surface area contributed by atoms with Gasteiger partial charge in [-0.3, -0.25) is 9.69 Å². The van der Waals surface area contributed by atoms with Crippen LogP contribution in [0.2, 0.25) is 0 Å². The minimum absolute atomic E-state index is 0.219. The van der Waals surface area contributed by atoms with Gasteiger partial charge in [-0.2, -0.15) is 0 Å². The predicted molar refractivity (Wildman–Crippen MR) is 85.6 cm³/mol. The summed E-state index contributed by atoms with van der Waals surface area (Å²) < 4.78 is 14.0. The number of cyclic esters (lactones) is 1. The molecule has 0 spiro atoms. The van der Waals surface area contributed by atoms with Gasteiger partial charge in [-0.25, -0.2) is 14.4 Å². The Morgan fingerprint density at radius 1 is 1.08 bits per heavy atom. The van der Waals surface area contributed by atoms with Gasteiger partial charge in [0.1, 0.15) is 11.8 Å². The first-order valence-corrected chi connectivity index (χ1v) is 7.09. The highest BCUT2D eigenvalue weighted by Crippen LogP contribution is 2.21. The van der Waals surface area contributed by atoms with Crippen molar-refractivity contribution in [3.8, 4) is 0 Å². The SMILES string of the molecule is COC(=O)c1ccc(N(C=C2C(=O)OC=C(C)C2=O)C(=O)OC)cc1. The minimum atomic E-state index is -0.879. The molecular formula is C17H15NO7. The third-order valence-electron chi connectivity index (χ3n) is 3.36. The van der Waals surface area contributed by atoms with E-state index in [0.717, 1.165) is 24.5 Å². The van der Waals surface area contributed by atoms with E-state index in [0.29, 0.717) is 0 Å². The molecule has 0 atom stereocenters. The fourth-order valence-corrected chi connectivity index (χ4v) is 2.01. The zero-order valence-electron chi connectivity index (χ0n) is 13.8. The van der Waals surface area contributed by atoms with Crippen LogP contribution in [-0.4, -0.2) is 38.0 Å². The number of Topliss-reactive ketones (excluding diaryl/α,β-unsaturated/α-hetero) is 1. The summed E-state index contributed by atoms with van der Waals surface area (Å²) >= 11 is 0. The van der Waals surface area contributed by atoms with Crippen molar-refractivity contribution in [2.24, 2.45) is 0 Å². The summed E-state index contributed by atoms with van der Waals surface area (Å²) in [6.07, 6.45) is 1.27. The third-order valence-corrected chi connectivity index (χ3v) is 3.36. The first kappa shape index (κ1) is 17.9. The van der Waals surface area contributed by atoms with Crippen molar-refractivity contribution in [2.45, 2.75) is 6.92 Å². The predicted octanol–water partition coefficient (Wildman–Crippen LogP) is 1.96. The first-order valence-electron chi connectivity index (χ1n) is 7.09. The van der Waals surface area contributed by atoms with Crippen LogP contribution in [-0.2, 0) is 23.8 Å². The molecule has 8 nitrogen and oxygen atoms in total. The number of carbonyl (C=O) groups is 4. The van der Waals surface area contributed by atoms with Crippen LogP contribution in [0.1, 0.15) is 17.3 Å². The molecule has 130 valence electrons. The Kier molecular flexibility index (Phi) is 5.33. The number of hydrogen-bond donors (Lipinski definition) is 0. The fraction of sp³-hybridized carbons (Fsp3) is 0.176. The molecule has 0 aromatic heterocycles. The van der Waals surface area contributed by atoms with Gasteiger partial charge < -0.3 is 14.2 Å². The van der Waals surface area contributed by atoms with Crippen molar-refractivity contribution in [2.75, 3.05) is 19.1 Å². The molecule has 8 heteroatoms. The maximum absolute atomic E-state index is 12.1. The maximum Gasteiger partial charge on any atom is 0.418 e. The van der Waals surface area contributed by atoms with Crippen LogP contribution in [0, 0.1) is 0 Å². The van der Waals surface area contributed by atoms with Crippen molar-refractivity contribution < 1.29 is 33.4 Å². The van der Waals surface area contributed by atoms with Crippen molar-refractivity contribution in [1.29, 1.82) is 0 Å². The van der Waals surface area contributed by atoms with Crippen LogP contribution >= 0.6 is 0 Å². The molecule has 2 rings (SSSR count). The Morgan fingerprint density at radius 3 is 2.28 bits per heavy atom. The topological polar surface area (TPSA) is 99.2 Å². The third kappa shape index (κ3) is 3.74. The monoisotopic (exact) mass is 345 g/mol. The van der Waals surface area contributed by atoms with Crippen molar-refractivity contribution in [3.05, 3.63) is 53.4 Å². The average Bonchev–Trinajstić information content (AvgIpc) is 2.64. The van der Waals surface area contributed by atoms with Gasteiger partial charge in [0.2, 0.25) is 5.78 Å². The lowest BCUT2D eigenvalue weighted by molar-refractivity contribution is -0.136. The van der Waals surface area contributed by atoms with Crippen LogP contribution in [0.3, 0.4) is 0 Å². The van der Waals surface area contributed by atoms with Crippen molar-refractivity contribution in [1.82, 2.24) is 0 Å². The molecule has 0 saturated heterocycles. The standard InChI is InChI=1S/C17H15NO7/c1-10-9-25-16(21)13(14(10)19)8-18(17(22)24-3)12-6-4-11(5-7-12)15(20)23-2/h4-9H,1-3H3. The van der Waals surface area contributed by atoms with Gasteiger partial charge in [0, 0.05) is 11.8 Å². The van der Waals surface area contributed by atoms with Crippen LogP contribution in [0.25, 0.3) is 0 Å². The molecule has 0 radical (unpaired) electrons. The number of carbonyl (C=O) groups excluding carboxylic acids is 4. The van der Waals surface area contributed by atoms with E-state index in [1.807, 2.05) is 0 Å². The molecule has 0 saturated carbocycles. The van der Waals surface area contributed by atoms with E-state index in [1.54, 1.807) is 0 Å². The van der Waals surface area contributed by atoms with E-state index in [4.69, 9.17) is 4.74 Å². The lowest BCUT2D eigenvalue weighted by Gasteiger charge is -2.19. The summed E-state index contributed by atoms with van der Waals surface area (Å²) in [4.78, 5) is 48.4. The number of esters is 2. The van der Waals surface area contributed by atoms with Gasteiger partial charge in [0.15, 0.2) is 0 Å². The summed E-state index contributed by atoms with van der Waals surface area (Å²) in [6, 6.07) is 5.76. The summed E-state index contributed by atoms with van der Waals surface area (Å²) in [6.45, 7) is 1.48. The smallest absolute Gasteiger partial charge is 0.418 e. The van der Waals surface area contributed by atoms with Gasteiger partial charge in [-0.1, -0.05) is 0 Å². The number of hydrogen-bond acceptors (Lipinski definition) is 7. The number of amides is 1. The van der Waals surface area contributed by atoms with E-state index in [2.05, 4.69) is 9.47 Å². The largest absolute Gasteiger partial charge is 0.465 e. The molecule has 1 aliphatic heterocycles. The van der Waals surface area contributed by atoms with Crippen LogP contribution in [0.15, 0.2) is 47.9 Å². The maximum atomic E-state index is 12.1. The molecule has 0 aliphatic carbocycles. The molecular weight excluding hydrogens is 330 g/mol. The second-order valence-corrected chi connectivity index (χ2v) is 4.96. The van der Waals surface area contributed by atoms with Gasteiger partial charge in [-0.15, -0.1) is 0 Å². The molecule has 0 N–H and O–H groups in total. The first-order chi connectivity index (χ1) is 11.9. The summed E-state index contributed by atoms with van der Waals surface area (Å²) in [5, 5.41) is 0. The van der Waals surface area contributed by atoms with E-state index >= 15 is 0 Å². The quantitative estimate of drug-likeness (QED) is 0.357. The van der Waals surface area contributed by atoms with Gasteiger partial charge in [0.05, 0.1) is 25.5 Å². The number of ketones is 1. The van der Waals surface area contributed by atoms with E-state index in [9.17, 15) is 19.2 Å². The second-order valence-electron chi connectivity index (χ2n) is 4.96. The Hall–Kier alpha value is -3.42. The molecule has 25 heavy (non-hydrogen) atoms. The van der Waals surface area contributed by atoms with Crippen molar-refractivity contribution >= 4 is 29.5 Å². The molecule has 1 aliphatic rings.